The van der Waals surface area contributed by atoms with Gasteiger partial charge in [0.2, 0.25) is 0 Å². The molecule has 2 heterocycles. The quantitative estimate of drug-likeness (QED) is 0.847. The third-order valence-electron chi connectivity index (χ3n) is 5.57. The van der Waals surface area contributed by atoms with Gasteiger partial charge in [0.15, 0.2) is 0 Å². The van der Waals surface area contributed by atoms with Gasteiger partial charge in [0.1, 0.15) is 6.33 Å². The van der Waals surface area contributed by atoms with Crippen molar-refractivity contribution >= 4 is 5.91 Å². The fraction of sp³-hybridized carbons (Fsp3) is 0.476. The Kier molecular flexibility index (Phi) is 5.45. The molecule has 2 fully saturated rings. The SMILES string of the molecule is O=C(c1ccc(-c2cncnc2)cc1)N1CCN(CC2CC2)[C@H](CCO)C1. The van der Waals surface area contributed by atoms with Crippen molar-refractivity contribution in [1.82, 2.24) is 19.8 Å². The van der Waals surface area contributed by atoms with E-state index in [1.54, 1.807) is 12.4 Å². The highest BCUT2D eigenvalue weighted by Crippen LogP contribution is 2.31. The van der Waals surface area contributed by atoms with Crippen molar-refractivity contribution < 1.29 is 9.90 Å². The molecule has 2 aliphatic rings. The second kappa shape index (κ2) is 8.15. The second-order valence-electron chi connectivity index (χ2n) is 7.56. The standard InChI is InChI=1S/C21H26N4O2/c26-10-7-20-14-25(9-8-24(20)13-16-1-2-16)21(27)18-5-3-17(4-6-18)19-11-22-15-23-12-19/h3-6,11-12,15-16,20,26H,1-2,7-10,13-14H2/t20-/m1/s1. The fourth-order valence-electron chi connectivity index (χ4n) is 3.81. The Labute approximate surface area is 159 Å². The van der Waals surface area contributed by atoms with Crippen LogP contribution in [0.1, 0.15) is 29.6 Å². The highest BCUT2D eigenvalue weighted by molar-refractivity contribution is 5.94. The number of nitrogens with zero attached hydrogens (tertiary/aromatic N) is 4. The first kappa shape index (κ1) is 18.1. The summed E-state index contributed by atoms with van der Waals surface area (Å²) in [6.45, 7) is 3.62. The zero-order valence-corrected chi connectivity index (χ0v) is 15.5. The van der Waals surface area contributed by atoms with Crippen LogP contribution in [0, 0.1) is 5.92 Å². The lowest BCUT2D eigenvalue weighted by molar-refractivity contribution is 0.0407. The fourth-order valence-corrected chi connectivity index (χ4v) is 3.81. The van der Waals surface area contributed by atoms with Crippen LogP contribution in [0.25, 0.3) is 11.1 Å². The first-order valence-corrected chi connectivity index (χ1v) is 9.74. The highest BCUT2D eigenvalue weighted by Gasteiger charge is 2.33. The summed E-state index contributed by atoms with van der Waals surface area (Å²) in [5.41, 5.74) is 2.64. The molecule has 1 amide bonds. The first-order chi connectivity index (χ1) is 13.2. The number of hydrogen-bond acceptors (Lipinski definition) is 5. The van der Waals surface area contributed by atoms with Crippen molar-refractivity contribution in [3.8, 4) is 11.1 Å². The maximum atomic E-state index is 13.0. The minimum Gasteiger partial charge on any atom is -0.396 e. The Balaban J connectivity index is 1.42. The van der Waals surface area contributed by atoms with Crippen LogP contribution in [0.5, 0.6) is 0 Å². The number of rotatable bonds is 6. The predicted molar refractivity (Wildman–Crippen MR) is 103 cm³/mol. The van der Waals surface area contributed by atoms with E-state index < -0.39 is 0 Å². The van der Waals surface area contributed by atoms with Gasteiger partial charge in [0, 0.05) is 62.3 Å². The number of aromatic nitrogens is 2. The number of piperazine rings is 1. The lowest BCUT2D eigenvalue weighted by atomic mass is 10.0. The molecule has 0 bridgehead atoms. The van der Waals surface area contributed by atoms with Gasteiger partial charge in [-0.3, -0.25) is 9.69 Å². The average Bonchev–Trinajstić information content (AvgIpc) is 3.54. The number of hydrogen-bond donors (Lipinski definition) is 1. The van der Waals surface area contributed by atoms with E-state index in [0.29, 0.717) is 12.1 Å². The van der Waals surface area contributed by atoms with Crippen molar-refractivity contribution in [2.24, 2.45) is 5.92 Å². The molecule has 6 nitrogen and oxygen atoms in total. The molecular weight excluding hydrogens is 340 g/mol. The lowest BCUT2D eigenvalue weighted by Gasteiger charge is -2.41. The van der Waals surface area contributed by atoms with Crippen molar-refractivity contribution in [2.45, 2.75) is 25.3 Å². The van der Waals surface area contributed by atoms with Gasteiger partial charge in [-0.1, -0.05) is 12.1 Å². The number of carbonyl (C=O) groups excluding carboxylic acids is 1. The Morgan fingerprint density at radius 2 is 1.81 bits per heavy atom. The van der Waals surface area contributed by atoms with Crippen LogP contribution >= 0.6 is 0 Å². The largest absolute Gasteiger partial charge is 0.396 e. The molecule has 1 aromatic heterocycles. The van der Waals surface area contributed by atoms with Crippen LogP contribution in [0.4, 0.5) is 0 Å². The molecule has 0 unspecified atom stereocenters. The van der Waals surface area contributed by atoms with Gasteiger partial charge in [-0.2, -0.15) is 0 Å². The van der Waals surface area contributed by atoms with Crippen LogP contribution in [0.3, 0.4) is 0 Å². The van der Waals surface area contributed by atoms with E-state index in [4.69, 9.17) is 0 Å². The maximum Gasteiger partial charge on any atom is 0.253 e. The molecule has 1 aromatic carbocycles. The van der Waals surface area contributed by atoms with Crippen LogP contribution in [0.15, 0.2) is 43.0 Å². The average molecular weight is 366 g/mol. The van der Waals surface area contributed by atoms with E-state index in [0.717, 1.165) is 43.1 Å². The summed E-state index contributed by atoms with van der Waals surface area (Å²) in [4.78, 5) is 25.4. The summed E-state index contributed by atoms with van der Waals surface area (Å²) in [6.07, 6.45) is 8.41. The Hall–Kier alpha value is -2.31. The molecule has 0 radical (unpaired) electrons. The minimum absolute atomic E-state index is 0.0693. The van der Waals surface area contributed by atoms with Crippen molar-refractivity contribution in [3.63, 3.8) is 0 Å². The van der Waals surface area contributed by atoms with Gasteiger partial charge in [0.25, 0.3) is 5.91 Å². The van der Waals surface area contributed by atoms with Gasteiger partial charge in [-0.15, -0.1) is 0 Å². The van der Waals surface area contributed by atoms with E-state index in [2.05, 4.69) is 14.9 Å². The van der Waals surface area contributed by atoms with Crippen molar-refractivity contribution in [1.29, 1.82) is 0 Å². The zero-order chi connectivity index (χ0) is 18.6. The topological polar surface area (TPSA) is 69.6 Å². The second-order valence-corrected chi connectivity index (χ2v) is 7.56. The molecule has 2 aromatic rings. The first-order valence-electron chi connectivity index (χ1n) is 9.74. The van der Waals surface area contributed by atoms with E-state index in [-0.39, 0.29) is 18.6 Å². The van der Waals surface area contributed by atoms with E-state index in [9.17, 15) is 9.90 Å². The van der Waals surface area contributed by atoms with Crippen LogP contribution < -0.4 is 0 Å². The van der Waals surface area contributed by atoms with E-state index in [1.807, 2.05) is 29.2 Å². The molecular formula is C21H26N4O2. The lowest BCUT2D eigenvalue weighted by Crippen LogP contribution is -2.55. The van der Waals surface area contributed by atoms with E-state index in [1.165, 1.54) is 19.2 Å². The molecule has 4 rings (SSSR count). The smallest absolute Gasteiger partial charge is 0.253 e. The third kappa shape index (κ3) is 4.34. The number of aliphatic hydroxyl groups is 1. The van der Waals surface area contributed by atoms with Crippen molar-refractivity contribution in [2.75, 3.05) is 32.8 Å². The molecule has 1 saturated heterocycles. The minimum atomic E-state index is 0.0693. The number of aliphatic hydroxyl groups excluding tert-OH is 1. The monoisotopic (exact) mass is 366 g/mol. The number of amides is 1. The number of carbonyl (C=O) groups is 1. The summed E-state index contributed by atoms with van der Waals surface area (Å²) >= 11 is 0. The summed E-state index contributed by atoms with van der Waals surface area (Å²) in [6, 6.07) is 7.90. The summed E-state index contributed by atoms with van der Waals surface area (Å²) in [5, 5.41) is 9.43. The summed E-state index contributed by atoms with van der Waals surface area (Å²) in [5.74, 6) is 0.892. The molecule has 1 atom stereocenters. The van der Waals surface area contributed by atoms with Gasteiger partial charge < -0.3 is 10.0 Å². The summed E-state index contributed by atoms with van der Waals surface area (Å²) in [7, 11) is 0. The van der Waals surface area contributed by atoms with Gasteiger partial charge >= 0.3 is 0 Å². The zero-order valence-electron chi connectivity index (χ0n) is 15.5. The van der Waals surface area contributed by atoms with Gasteiger partial charge in [-0.05, 0) is 42.9 Å². The molecule has 0 spiro atoms. The van der Waals surface area contributed by atoms with Crippen molar-refractivity contribution in [3.05, 3.63) is 48.5 Å². The normalized spacial score (nSPS) is 20.6. The molecule has 142 valence electrons. The third-order valence-corrected chi connectivity index (χ3v) is 5.57. The molecule has 1 saturated carbocycles. The van der Waals surface area contributed by atoms with Crippen LogP contribution in [-0.2, 0) is 0 Å². The van der Waals surface area contributed by atoms with Crippen LogP contribution in [-0.4, -0.2) is 69.6 Å². The van der Waals surface area contributed by atoms with E-state index >= 15 is 0 Å². The molecule has 27 heavy (non-hydrogen) atoms. The maximum absolute atomic E-state index is 13.0. The molecule has 1 N–H and O–H groups in total. The van der Waals surface area contributed by atoms with Crippen LogP contribution in [0.2, 0.25) is 0 Å². The molecule has 1 aliphatic heterocycles. The molecule has 6 heteroatoms. The Bertz CT molecular complexity index is 762. The predicted octanol–water partition coefficient (Wildman–Crippen LogP) is 2.06. The summed E-state index contributed by atoms with van der Waals surface area (Å²) < 4.78 is 0. The van der Waals surface area contributed by atoms with Gasteiger partial charge in [-0.25, -0.2) is 9.97 Å². The Morgan fingerprint density at radius 3 is 2.48 bits per heavy atom. The molecule has 1 aliphatic carbocycles. The Morgan fingerprint density at radius 1 is 1.07 bits per heavy atom. The number of benzene rings is 1. The van der Waals surface area contributed by atoms with Gasteiger partial charge in [0.05, 0.1) is 0 Å². The highest BCUT2D eigenvalue weighted by atomic mass is 16.3.